The van der Waals surface area contributed by atoms with Gasteiger partial charge in [-0.05, 0) is 32.6 Å². The molecule has 10 heteroatoms. The maximum atomic E-state index is 12.7. The van der Waals surface area contributed by atoms with E-state index in [2.05, 4.69) is 25.9 Å². The second-order valence-electron chi connectivity index (χ2n) is 7.59. The average Bonchev–Trinajstić information content (AvgIpc) is 3.30. The van der Waals surface area contributed by atoms with E-state index in [0.717, 1.165) is 25.7 Å². The fourth-order valence-corrected chi connectivity index (χ4v) is 5.86. The molecule has 1 aromatic rings. The molecule has 3 aliphatic rings. The summed E-state index contributed by atoms with van der Waals surface area (Å²) in [4.78, 5) is 26.9. The number of hydrogen-bond donors (Lipinski definition) is 3. The molecular weight excluding hydrogens is 342 g/mol. The number of tetrazole rings is 1. The van der Waals surface area contributed by atoms with E-state index >= 15 is 0 Å². The Morgan fingerprint density at radius 1 is 1.44 bits per heavy atom. The van der Waals surface area contributed by atoms with E-state index in [1.54, 1.807) is 16.7 Å². The first-order valence-corrected chi connectivity index (χ1v) is 9.57. The highest BCUT2D eigenvalue weighted by Gasteiger charge is 2.63. The molecule has 3 unspecified atom stereocenters. The maximum Gasteiger partial charge on any atom is 0.249 e. The fourth-order valence-electron chi connectivity index (χ4n) is 4.23. The minimum Gasteiger partial charge on any atom is -0.340 e. The van der Waals surface area contributed by atoms with Crippen LogP contribution >= 0.6 is 11.8 Å². The third kappa shape index (κ3) is 2.62. The highest BCUT2D eigenvalue weighted by atomic mass is 32.2. The smallest absolute Gasteiger partial charge is 0.249 e. The minimum atomic E-state index is -0.531. The molecule has 2 amide bonds. The molecule has 1 aromatic heterocycles. The molecule has 2 aliphatic heterocycles. The van der Waals surface area contributed by atoms with Gasteiger partial charge in [-0.15, -0.1) is 22.0 Å². The first-order valence-electron chi connectivity index (χ1n) is 8.69. The standard InChI is InChI=1S/C15H23N7O2S/c1-15(2)10(11-18-20-21-19-11)22-13(24)9(14(22)25-15)17-12(23)8(16)7-5-3-4-6-7/h7-10,14H,3-6,16H2,1-2H3,(H,17,23)(H,18,19,20,21)/t8?,9?,10?,14-/m1/s1. The van der Waals surface area contributed by atoms with Gasteiger partial charge in [0, 0.05) is 4.75 Å². The second kappa shape index (κ2) is 5.94. The zero-order valence-corrected chi connectivity index (χ0v) is 15.1. The number of β-lactam (4-membered cyclic amide) rings is 1. The Kier molecular flexibility index (Phi) is 3.99. The number of carbonyl (C=O) groups excluding carboxylic acids is 2. The molecule has 25 heavy (non-hydrogen) atoms. The molecule has 4 atom stereocenters. The zero-order valence-electron chi connectivity index (χ0n) is 14.3. The third-order valence-electron chi connectivity index (χ3n) is 5.56. The molecule has 9 nitrogen and oxygen atoms in total. The molecular formula is C15H23N7O2S. The number of rotatable bonds is 4. The summed E-state index contributed by atoms with van der Waals surface area (Å²) in [6.07, 6.45) is 4.23. The molecule has 0 radical (unpaired) electrons. The van der Waals surface area contributed by atoms with Crippen LogP contribution in [0.4, 0.5) is 0 Å². The number of nitrogens with zero attached hydrogens (tertiary/aromatic N) is 4. The van der Waals surface area contributed by atoms with Crippen LogP contribution in [-0.4, -0.2) is 59.5 Å². The van der Waals surface area contributed by atoms with Crippen molar-refractivity contribution in [3.63, 3.8) is 0 Å². The number of amides is 2. The number of nitrogens with one attached hydrogen (secondary N) is 2. The molecule has 0 bridgehead atoms. The van der Waals surface area contributed by atoms with Gasteiger partial charge in [0.15, 0.2) is 5.82 Å². The first kappa shape index (κ1) is 16.8. The van der Waals surface area contributed by atoms with Gasteiger partial charge in [0.2, 0.25) is 11.8 Å². The monoisotopic (exact) mass is 365 g/mol. The van der Waals surface area contributed by atoms with Crippen LogP contribution in [0.1, 0.15) is 51.4 Å². The van der Waals surface area contributed by atoms with Crippen molar-refractivity contribution < 1.29 is 9.59 Å². The fraction of sp³-hybridized carbons (Fsp3) is 0.800. The van der Waals surface area contributed by atoms with Crippen molar-refractivity contribution in [2.45, 2.75) is 67.8 Å². The van der Waals surface area contributed by atoms with Crippen molar-refractivity contribution in [2.24, 2.45) is 11.7 Å². The summed E-state index contributed by atoms with van der Waals surface area (Å²) >= 11 is 1.65. The Labute approximate surface area is 149 Å². The van der Waals surface area contributed by atoms with E-state index in [4.69, 9.17) is 5.73 Å². The number of hydrogen-bond acceptors (Lipinski definition) is 7. The van der Waals surface area contributed by atoms with Gasteiger partial charge in [-0.25, -0.2) is 0 Å². The predicted molar refractivity (Wildman–Crippen MR) is 91.1 cm³/mol. The largest absolute Gasteiger partial charge is 0.340 e. The van der Waals surface area contributed by atoms with Crippen molar-refractivity contribution >= 4 is 23.6 Å². The van der Waals surface area contributed by atoms with Crippen molar-refractivity contribution in [3.8, 4) is 0 Å². The molecule has 1 saturated carbocycles. The van der Waals surface area contributed by atoms with Gasteiger partial charge in [0.1, 0.15) is 17.5 Å². The number of H-pyrrole nitrogens is 1. The molecule has 0 spiro atoms. The zero-order chi connectivity index (χ0) is 17.8. The summed E-state index contributed by atoms with van der Waals surface area (Å²) in [5.41, 5.74) is 6.11. The maximum absolute atomic E-state index is 12.7. The van der Waals surface area contributed by atoms with Crippen molar-refractivity contribution in [1.29, 1.82) is 0 Å². The van der Waals surface area contributed by atoms with Crippen LogP contribution in [0.2, 0.25) is 0 Å². The van der Waals surface area contributed by atoms with E-state index in [0.29, 0.717) is 5.82 Å². The van der Waals surface area contributed by atoms with Crippen LogP contribution in [0.3, 0.4) is 0 Å². The van der Waals surface area contributed by atoms with Crippen molar-refractivity contribution in [2.75, 3.05) is 0 Å². The van der Waals surface area contributed by atoms with Gasteiger partial charge in [0.05, 0.1) is 6.04 Å². The van der Waals surface area contributed by atoms with E-state index in [1.807, 2.05) is 13.8 Å². The van der Waals surface area contributed by atoms with Crippen LogP contribution in [0.5, 0.6) is 0 Å². The van der Waals surface area contributed by atoms with Gasteiger partial charge in [-0.3, -0.25) is 9.59 Å². The lowest BCUT2D eigenvalue weighted by Gasteiger charge is -2.44. The molecule has 4 N–H and O–H groups in total. The summed E-state index contributed by atoms with van der Waals surface area (Å²) in [6.45, 7) is 4.10. The van der Waals surface area contributed by atoms with E-state index in [1.165, 1.54) is 0 Å². The molecule has 2 saturated heterocycles. The topological polar surface area (TPSA) is 130 Å². The first-order chi connectivity index (χ1) is 11.9. The van der Waals surface area contributed by atoms with Crippen LogP contribution in [0.25, 0.3) is 0 Å². The summed E-state index contributed by atoms with van der Waals surface area (Å²) < 4.78 is -0.267. The Balaban J connectivity index is 1.46. The highest BCUT2D eigenvalue weighted by molar-refractivity contribution is 8.01. The Morgan fingerprint density at radius 3 is 2.80 bits per heavy atom. The van der Waals surface area contributed by atoms with Crippen LogP contribution in [-0.2, 0) is 9.59 Å². The van der Waals surface area contributed by atoms with E-state index in [9.17, 15) is 9.59 Å². The second-order valence-corrected chi connectivity index (χ2v) is 9.36. The van der Waals surface area contributed by atoms with E-state index in [-0.39, 0.29) is 33.9 Å². The molecule has 1 aliphatic carbocycles. The lowest BCUT2D eigenvalue weighted by atomic mass is 9.94. The van der Waals surface area contributed by atoms with Crippen molar-refractivity contribution in [3.05, 3.63) is 5.82 Å². The lowest BCUT2D eigenvalue weighted by molar-refractivity contribution is -0.152. The Bertz CT molecular complexity index is 673. The highest BCUT2D eigenvalue weighted by Crippen LogP contribution is 2.56. The molecule has 4 rings (SSSR count). The molecule has 3 fully saturated rings. The summed E-state index contributed by atoms with van der Waals surface area (Å²) in [7, 11) is 0. The molecule has 0 aromatic carbocycles. The predicted octanol–water partition coefficient (Wildman–Crippen LogP) is -0.0632. The summed E-state index contributed by atoms with van der Waals surface area (Å²) in [5.74, 6) is 0.406. The number of aromatic nitrogens is 4. The summed E-state index contributed by atoms with van der Waals surface area (Å²) in [6, 6.07) is -1.32. The summed E-state index contributed by atoms with van der Waals surface area (Å²) in [5, 5.41) is 16.9. The van der Waals surface area contributed by atoms with Crippen LogP contribution in [0.15, 0.2) is 0 Å². The molecule has 3 heterocycles. The Hall–Kier alpha value is -1.68. The van der Waals surface area contributed by atoms with Gasteiger partial charge in [-0.2, -0.15) is 5.21 Å². The van der Waals surface area contributed by atoms with Gasteiger partial charge < -0.3 is 16.0 Å². The lowest BCUT2D eigenvalue weighted by Crippen LogP contribution is -2.69. The number of thioether (sulfide) groups is 1. The van der Waals surface area contributed by atoms with Crippen molar-refractivity contribution in [1.82, 2.24) is 30.8 Å². The number of fused-ring (bicyclic) bond motifs is 1. The number of nitrogens with two attached hydrogens (primary N) is 1. The van der Waals surface area contributed by atoms with Gasteiger partial charge in [0.25, 0.3) is 0 Å². The van der Waals surface area contributed by atoms with Crippen LogP contribution < -0.4 is 11.1 Å². The third-order valence-corrected chi connectivity index (χ3v) is 7.13. The van der Waals surface area contributed by atoms with Gasteiger partial charge in [-0.1, -0.05) is 18.1 Å². The molecule has 136 valence electrons. The normalized spacial score (nSPS) is 32.4. The van der Waals surface area contributed by atoms with E-state index < -0.39 is 12.1 Å². The average molecular weight is 365 g/mol. The minimum absolute atomic E-state index is 0.107. The Morgan fingerprint density at radius 2 is 2.16 bits per heavy atom. The van der Waals surface area contributed by atoms with Crippen LogP contribution in [0, 0.1) is 5.92 Å². The quantitative estimate of drug-likeness (QED) is 0.637. The SMILES string of the molecule is CC1(C)S[C@@H]2C(NC(=O)C(N)C3CCCC3)C(=O)N2C1c1nn[nH]n1. The number of aromatic amines is 1. The van der Waals surface area contributed by atoms with Gasteiger partial charge >= 0.3 is 0 Å². The number of carbonyl (C=O) groups is 2.